The maximum Gasteiger partial charge on any atom is 0.337 e. The van der Waals surface area contributed by atoms with Crippen LogP contribution in [0.1, 0.15) is 47.2 Å². The van der Waals surface area contributed by atoms with Crippen molar-refractivity contribution < 1.29 is 19.1 Å². The van der Waals surface area contributed by atoms with Gasteiger partial charge in [0.1, 0.15) is 11.4 Å². The molecule has 6 nitrogen and oxygen atoms in total. The summed E-state index contributed by atoms with van der Waals surface area (Å²) in [5, 5.41) is 11.9. The van der Waals surface area contributed by atoms with E-state index in [0.29, 0.717) is 16.5 Å². The summed E-state index contributed by atoms with van der Waals surface area (Å²) >= 11 is 1.47. The number of nitrogens with zero attached hydrogens (tertiary/aromatic N) is 1. The fourth-order valence-electron chi connectivity index (χ4n) is 2.20. The van der Waals surface area contributed by atoms with Gasteiger partial charge in [-0.15, -0.1) is 0 Å². The molecule has 0 saturated carbocycles. The van der Waals surface area contributed by atoms with Gasteiger partial charge in [-0.1, -0.05) is 37.9 Å². The molecule has 0 radical (unpaired) electrons. The lowest BCUT2D eigenvalue weighted by Crippen LogP contribution is -2.29. The van der Waals surface area contributed by atoms with Gasteiger partial charge in [-0.3, -0.25) is 14.5 Å². The van der Waals surface area contributed by atoms with Crippen LogP contribution in [0.15, 0.2) is 42.6 Å². The number of carboxylic acids is 1. The fraction of sp³-hybridized carbons (Fsp3) is 0.316. The first-order valence-corrected chi connectivity index (χ1v) is 9.25. The Hall–Kier alpha value is -2.45. The number of carbonyl (C=O) groups is 2. The highest BCUT2D eigenvalue weighted by atomic mass is 32.2. The Kier molecular flexibility index (Phi) is 6.92. The van der Waals surface area contributed by atoms with Crippen LogP contribution < -0.4 is 10.0 Å². The molecule has 1 heterocycles. The van der Waals surface area contributed by atoms with Crippen molar-refractivity contribution in [3.63, 3.8) is 0 Å². The SMILES string of the molecule is CC(C)SNCC(C)(F)c1ccc(NC(=O)c2ccc(C(=O)O)cn2)cc1. The van der Waals surface area contributed by atoms with E-state index < -0.39 is 17.5 Å². The molecule has 0 aliphatic rings. The molecule has 3 N–H and O–H groups in total. The smallest absolute Gasteiger partial charge is 0.337 e. The van der Waals surface area contributed by atoms with E-state index in [1.54, 1.807) is 24.3 Å². The number of rotatable bonds is 8. The van der Waals surface area contributed by atoms with Crippen LogP contribution in [0, 0.1) is 0 Å². The summed E-state index contributed by atoms with van der Waals surface area (Å²) < 4.78 is 17.8. The molecule has 0 aliphatic carbocycles. The van der Waals surface area contributed by atoms with Gasteiger partial charge in [0.05, 0.1) is 5.56 Å². The Balaban J connectivity index is 2.00. The van der Waals surface area contributed by atoms with E-state index >= 15 is 0 Å². The normalized spacial score (nSPS) is 13.2. The predicted molar refractivity (Wildman–Crippen MR) is 105 cm³/mol. The van der Waals surface area contributed by atoms with Crippen molar-refractivity contribution in [3.05, 3.63) is 59.4 Å². The van der Waals surface area contributed by atoms with Crippen LogP contribution >= 0.6 is 11.9 Å². The van der Waals surface area contributed by atoms with Gasteiger partial charge in [0.25, 0.3) is 5.91 Å². The Morgan fingerprint density at radius 1 is 1.22 bits per heavy atom. The lowest BCUT2D eigenvalue weighted by molar-refractivity contribution is 0.0695. The van der Waals surface area contributed by atoms with Crippen LogP contribution in [0.4, 0.5) is 10.1 Å². The minimum absolute atomic E-state index is 0.00220. The Morgan fingerprint density at radius 2 is 1.89 bits per heavy atom. The van der Waals surface area contributed by atoms with Gasteiger partial charge in [-0.25, -0.2) is 9.18 Å². The third-order valence-electron chi connectivity index (χ3n) is 3.71. The number of hydrogen-bond donors (Lipinski definition) is 3. The second-order valence-corrected chi connectivity index (χ2v) is 7.92. The van der Waals surface area contributed by atoms with Crippen LogP contribution in [0.3, 0.4) is 0 Å². The van der Waals surface area contributed by atoms with Crippen LogP contribution in [0.2, 0.25) is 0 Å². The molecule has 144 valence electrons. The van der Waals surface area contributed by atoms with Gasteiger partial charge >= 0.3 is 5.97 Å². The topological polar surface area (TPSA) is 91.3 Å². The number of halogens is 1. The van der Waals surface area contributed by atoms with E-state index in [0.717, 1.165) is 6.20 Å². The fourth-order valence-corrected chi connectivity index (χ4v) is 2.88. The second-order valence-electron chi connectivity index (χ2n) is 6.45. The number of pyridine rings is 1. The van der Waals surface area contributed by atoms with Gasteiger partial charge in [0.15, 0.2) is 0 Å². The average molecular weight is 391 g/mol. The average Bonchev–Trinajstić information content (AvgIpc) is 2.61. The Labute approximate surface area is 161 Å². The molecule has 1 aromatic carbocycles. The maximum atomic E-state index is 14.8. The molecule has 0 bridgehead atoms. The van der Waals surface area contributed by atoms with Gasteiger partial charge in [-0.2, -0.15) is 0 Å². The first-order valence-electron chi connectivity index (χ1n) is 8.38. The van der Waals surface area contributed by atoms with Crippen molar-refractivity contribution in [3.8, 4) is 0 Å². The van der Waals surface area contributed by atoms with Crippen molar-refractivity contribution >= 4 is 29.5 Å². The van der Waals surface area contributed by atoms with Crippen molar-refractivity contribution in [2.24, 2.45) is 0 Å². The molecular weight excluding hydrogens is 369 g/mol. The van der Waals surface area contributed by atoms with Gasteiger partial charge < -0.3 is 10.4 Å². The van der Waals surface area contributed by atoms with Gasteiger partial charge in [0, 0.05) is 23.7 Å². The van der Waals surface area contributed by atoms with Crippen molar-refractivity contribution in [1.82, 2.24) is 9.71 Å². The first kappa shape index (κ1) is 20.9. The number of alkyl halides is 1. The largest absolute Gasteiger partial charge is 0.478 e. The minimum atomic E-state index is -1.54. The molecule has 8 heteroatoms. The number of nitrogens with one attached hydrogen (secondary N) is 2. The highest BCUT2D eigenvalue weighted by molar-refractivity contribution is 7.97. The number of amides is 1. The molecule has 0 fully saturated rings. The molecule has 0 aliphatic heterocycles. The minimum Gasteiger partial charge on any atom is -0.478 e. The number of anilines is 1. The molecular formula is C19H22FN3O3S. The van der Waals surface area contributed by atoms with Crippen molar-refractivity contribution in [2.45, 2.75) is 31.7 Å². The van der Waals surface area contributed by atoms with E-state index in [4.69, 9.17) is 5.11 Å². The Bertz CT molecular complexity index is 793. The molecule has 27 heavy (non-hydrogen) atoms. The van der Waals surface area contributed by atoms with E-state index in [-0.39, 0.29) is 17.8 Å². The third kappa shape index (κ3) is 6.04. The lowest BCUT2D eigenvalue weighted by atomic mass is 9.98. The molecule has 1 amide bonds. The summed E-state index contributed by atoms with van der Waals surface area (Å²) in [7, 11) is 0. The van der Waals surface area contributed by atoms with Crippen LogP contribution in [0.5, 0.6) is 0 Å². The lowest BCUT2D eigenvalue weighted by Gasteiger charge is -2.22. The number of benzene rings is 1. The summed E-state index contributed by atoms with van der Waals surface area (Å²) in [6, 6.07) is 9.13. The maximum absolute atomic E-state index is 14.8. The molecule has 1 atom stereocenters. The number of carbonyl (C=O) groups excluding carboxylic acids is 1. The third-order valence-corrected chi connectivity index (χ3v) is 4.49. The Morgan fingerprint density at radius 3 is 2.41 bits per heavy atom. The van der Waals surface area contributed by atoms with E-state index in [2.05, 4.69) is 15.0 Å². The molecule has 1 unspecified atom stereocenters. The van der Waals surface area contributed by atoms with Crippen LogP contribution in [-0.4, -0.2) is 33.8 Å². The zero-order chi connectivity index (χ0) is 20.0. The number of carboxylic acid groups (broad SMARTS) is 1. The van der Waals surface area contributed by atoms with E-state index in [9.17, 15) is 14.0 Å². The zero-order valence-electron chi connectivity index (χ0n) is 15.3. The predicted octanol–water partition coefficient (Wildman–Crippen LogP) is 3.86. The number of aromatic carboxylic acids is 1. The van der Waals surface area contributed by atoms with E-state index in [1.807, 2.05) is 13.8 Å². The summed E-state index contributed by atoms with van der Waals surface area (Å²) in [5.74, 6) is -1.58. The first-order chi connectivity index (χ1) is 12.7. The van der Waals surface area contributed by atoms with Gasteiger partial charge in [-0.05, 0) is 36.8 Å². The zero-order valence-corrected chi connectivity index (χ0v) is 16.1. The quantitative estimate of drug-likeness (QED) is 0.592. The van der Waals surface area contributed by atoms with Gasteiger partial charge in [0.2, 0.25) is 0 Å². The van der Waals surface area contributed by atoms with Crippen molar-refractivity contribution in [1.29, 1.82) is 0 Å². The second kappa shape index (κ2) is 8.96. The van der Waals surface area contributed by atoms with Crippen molar-refractivity contribution in [2.75, 3.05) is 11.9 Å². The molecule has 2 rings (SSSR count). The molecule has 2 aromatic rings. The number of aromatic nitrogens is 1. The number of hydrogen-bond acceptors (Lipinski definition) is 5. The van der Waals surface area contributed by atoms with E-state index in [1.165, 1.54) is 31.0 Å². The highest BCUT2D eigenvalue weighted by Gasteiger charge is 2.25. The summed E-state index contributed by atoms with van der Waals surface area (Å²) in [6.45, 7) is 5.72. The van der Waals surface area contributed by atoms with Crippen LogP contribution in [0.25, 0.3) is 0 Å². The summed E-state index contributed by atoms with van der Waals surface area (Å²) in [6.07, 6.45) is 1.12. The molecule has 1 aromatic heterocycles. The van der Waals surface area contributed by atoms with Crippen LogP contribution in [-0.2, 0) is 5.67 Å². The summed E-state index contributed by atoms with van der Waals surface area (Å²) in [4.78, 5) is 26.8. The molecule has 0 saturated heterocycles. The summed E-state index contributed by atoms with van der Waals surface area (Å²) in [5.41, 5.74) is -0.454. The highest BCUT2D eigenvalue weighted by Crippen LogP contribution is 2.27. The monoisotopic (exact) mass is 391 g/mol. The molecule has 0 spiro atoms. The standard InChI is InChI=1S/C19H22FN3O3S/c1-12(2)27-22-11-19(3,20)14-5-7-15(8-6-14)23-17(24)16-9-4-13(10-21-16)18(25)26/h4-10,12,22H,11H2,1-3H3,(H,23,24)(H,25,26).